The molecular weight excluding hydrogens is 374 g/mol. The summed E-state index contributed by atoms with van der Waals surface area (Å²) in [7, 11) is 0. The molecule has 0 aliphatic heterocycles. The lowest BCUT2D eigenvalue weighted by molar-refractivity contribution is -0.137. The third kappa shape index (κ3) is 7.17. The molecule has 6 nitrogen and oxygen atoms in total. The zero-order valence-corrected chi connectivity index (χ0v) is 16.3. The van der Waals surface area contributed by atoms with Gasteiger partial charge in [-0.1, -0.05) is 24.3 Å². The highest BCUT2D eigenvalue weighted by atomic mass is 32.2. The molecule has 2 N–H and O–H groups in total. The van der Waals surface area contributed by atoms with Gasteiger partial charge < -0.3 is 15.4 Å². The summed E-state index contributed by atoms with van der Waals surface area (Å²) in [5.74, 6) is -0.242. The van der Waals surface area contributed by atoms with Crippen LogP contribution in [0.4, 0.5) is 11.4 Å². The first kappa shape index (κ1) is 21.1. The lowest BCUT2D eigenvalue weighted by Gasteiger charge is -2.11. The Labute approximate surface area is 168 Å². The first-order valence-corrected chi connectivity index (χ1v) is 9.68. The summed E-state index contributed by atoms with van der Waals surface area (Å²) in [4.78, 5) is 24.4. The Hall–Kier alpha value is -3.24. The SMILES string of the molecule is CCOC(=O)/C=C/c1ccc(NCC(=O)Nc2ccccc2SCC#N)cc1. The van der Waals surface area contributed by atoms with E-state index in [2.05, 4.69) is 16.7 Å². The van der Waals surface area contributed by atoms with E-state index in [4.69, 9.17) is 10.00 Å². The monoisotopic (exact) mass is 395 g/mol. The number of benzene rings is 2. The molecule has 0 aliphatic rings. The summed E-state index contributed by atoms with van der Waals surface area (Å²) in [6.45, 7) is 2.21. The van der Waals surface area contributed by atoms with Crippen molar-refractivity contribution in [2.75, 3.05) is 29.5 Å². The van der Waals surface area contributed by atoms with Gasteiger partial charge in [-0.2, -0.15) is 5.26 Å². The molecule has 0 radical (unpaired) electrons. The van der Waals surface area contributed by atoms with Crippen molar-refractivity contribution in [3.63, 3.8) is 0 Å². The van der Waals surface area contributed by atoms with Gasteiger partial charge in [-0.15, -0.1) is 11.8 Å². The molecule has 0 saturated carbocycles. The van der Waals surface area contributed by atoms with Crippen molar-refractivity contribution in [2.24, 2.45) is 0 Å². The van der Waals surface area contributed by atoms with Crippen LogP contribution in [0.1, 0.15) is 12.5 Å². The minimum absolute atomic E-state index is 0.106. The topological polar surface area (TPSA) is 91.2 Å². The fourth-order valence-electron chi connectivity index (χ4n) is 2.25. The van der Waals surface area contributed by atoms with Gasteiger partial charge in [-0.3, -0.25) is 4.79 Å². The standard InChI is InChI=1S/C21H21N3O3S/c1-2-27-21(26)12-9-16-7-10-17(11-8-16)23-15-20(25)24-18-5-3-4-6-19(18)28-14-13-22/h3-12,23H,2,14-15H2,1H3,(H,24,25)/b12-9+. The number of para-hydroxylation sites is 1. The van der Waals surface area contributed by atoms with Crippen molar-refractivity contribution >= 4 is 41.1 Å². The van der Waals surface area contributed by atoms with E-state index in [-0.39, 0.29) is 18.4 Å². The largest absolute Gasteiger partial charge is 0.463 e. The highest BCUT2D eigenvalue weighted by Crippen LogP contribution is 2.26. The number of carbonyl (C=O) groups excluding carboxylic acids is 2. The molecule has 2 aromatic carbocycles. The molecule has 0 unspecified atom stereocenters. The van der Waals surface area contributed by atoms with Gasteiger partial charge in [0.2, 0.25) is 5.91 Å². The third-order valence-electron chi connectivity index (χ3n) is 3.52. The maximum atomic E-state index is 12.2. The van der Waals surface area contributed by atoms with E-state index in [9.17, 15) is 9.59 Å². The van der Waals surface area contributed by atoms with Crippen LogP contribution in [0.3, 0.4) is 0 Å². The van der Waals surface area contributed by atoms with Crippen LogP contribution in [0.5, 0.6) is 0 Å². The first-order chi connectivity index (χ1) is 13.6. The molecule has 2 aromatic rings. The number of nitrogens with one attached hydrogen (secondary N) is 2. The molecule has 2 rings (SSSR count). The van der Waals surface area contributed by atoms with Gasteiger partial charge in [0.05, 0.1) is 30.7 Å². The van der Waals surface area contributed by atoms with Crippen LogP contribution >= 0.6 is 11.8 Å². The Morgan fingerprint density at radius 1 is 1.18 bits per heavy atom. The Morgan fingerprint density at radius 2 is 1.93 bits per heavy atom. The predicted octanol–water partition coefficient (Wildman–Crippen LogP) is 3.93. The minimum Gasteiger partial charge on any atom is -0.463 e. The smallest absolute Gasteiger partial charge is 0.330 e. The molecule has 0 spiro atoms. The average Bonchev–Trinajstić information content (AvgIpc) is 2.71. The van der Waals surface area contributed by atoms with Crippen molar-refractivity contribution in [1.82, 2.24) is 0 Å². The quantitative estimate of drug-likeness (QED) is 0.380. The molecular formula is C21H21N3O3S. The number of esters is 1. The van der Waals surface area contributed by atoms with E-state index in [1.54, 1.807) is 13.0 Å². The Kier molecular flexibility index (Phi) is 8.63. The van der Waals surface area contributed by atoms with Gasteiger partial charge in [0, 0.05) is 16.7 Å². The van der Waals surface area contributed by atoms with Crippen LogP contribution in [0.2, 0.25) is 0 Å². The van der Waals surface area contributed by atoms with Gasteiger partial charge in [0.15, 0.2) is 0 Å². The van der Waals surface area contributed by atoms with Gasteiger partial charge in [-0.05, 0) is 42.8 Å². The molecule has 0 heterocycles. The molecule has 0 aliphatic carbocycles. The van der Waals surface area contributed by atoms with Crippen molar-refractivity contribution in [3.05, 3.63) is 60.2 Å². The van der Waals surface area contributed by atoms with E-state index in [0.717, 1.165) is 16.1 Å². The normalized spacial score (nSPS) is 10.3. The maximum absolute atomic E-state index is 12.2. The van der Waals surface area contributed by atoms with Crippen molar-refractivity contribution in [2.45, 2.75) is 11.8 Å². The molecule has 7 heteroatoms. The number of hydrogen-bond donors (Lipinski definition) is 2. The zero-order valence-electron chi connectivity index (χ0n) is 15.5. The number of rotatable bonds is 9. The number of nitrogens with zero attached hydrogens (tertiary/aromatic N) is 1. The second-order valence-corrected chi connectivity index (χ2v) is 6.57. The van der Waals surface area contributed by atoms with Crippen LogP contribution in [-0.4, -0.2) is 30.8 Å². The fraction of sp³-hybridized carbons (Fsp3) is 0.190. The van der Waals surface area contributed by atoms with Crippen LogP contribution in [0, 0.1) is 11.3 Å². The highest BCUT2D eigenvalue weighted by molar-refractivity contribution is 7.99. The third-order valence-corrected chi connectivity index (χ3v) is 4.46. The number of thioether (sulfide) groups is 1. The zero-order chi connectivity index (χ0) is 20.2. The number of amides is 1. The predicted molar refractivity (Wildman–Crippen MR) is 112 cm³/mol. The second-order valence-electron chi connectivity index (χ2n) is 5.55. The van der Waals surface area contributed by atoms with Gasteiger partial charge in [0.1, 0.15) is 0 Å². The van der Waals surface area contributed by atoms with Crippen molar-refractivity contribution in [3.8, 4) is 6.07 Å². The molecule has 0 saturated heterocycles. The summed E-state index contributed by atoms with van der Waals surface area (Å²) >= 11 is 1.38. The minimum atomic E-state index is -0.380. The summed E-state index contributed by atoms with van der Waals surface area (Å²) in [6.07, 6.45) is 3.05. The van der Waals surface area contributed by atoms with E-state index in [1.165, 1.54) is 17.8 Å². The van der Waals surface area contributed by atoms with E-state index >= 15 is 0 Å². The lowest BCUT2D eigenvalue weighted by Crippen LogP contribution is -2.22. The summed E-state index contributed by atoms with van der Waals surface area (Å²) < 4.78 is 4.83. The number of hydrogen-bond acceptors (Lipinski definition) is 6. The van der Waals surface area contributed by atoms with Crippen LogP contribution in [0.15, 0.2) is 59.5 Å². The number of nitriles is 1. The summed E-state index contributed by atoms with van der Waals surface area (Å²) in [6, 6.07) is 16.8. The summed E-state index contributed by atoms with van der Waals surface area (Å²) in [5.41, 5.74) is 2.33. The van der Waals surface area contributed by atoms with Gasteiger partial charge in [0.25, 0.3) is 0 Å². The van der Waals surface area contributed by atoms with Crippen LogP contribution in [0.25, 0.3) is 6.08 Å². The molecule has 144 valence electrons. The molecule has 0 atom stereocenters. The van der Waals surface area contributed by atoms with Crippen molar-refractivity contribution in [1.29, 1.82) is 5.26 Å². The van der Waals surface area contributed by atoms with Crippen LogP contribution in [-0.2, 0) is 14.3 Å². The molecule has 0 bridgehead atoms. The summed E-state index contributed by atoms with van der Waals surface area (Å²) in [5, 5.41) is 14.6. The van der Waals surface area contributed by atoms with Gasteiger partial charge >= 0.3 is 5.97 Å². The first-order valence-electron chi connectivity index (χ1n) is 8.69. The van der Waals surface area contributed by atoms with Gasteiger partial charge in [-0.25, -0.2) is 4.79 Å². The molecule has 1 amide bonds. The Morgan fingerprint density at radius 3 is 2.64 bits per heavy atom. The van der Waals surface area contributed by atoms with E-state index < -0.39 is 0 Å². The lowest BCUT2D eigenvalue weighted by atomic mass is 10.2. The fourth-order valence-corrected chi connectivity index (χ4v) is 2.92. The average molecular weight is 395 g/mol. The number of anilines is 2. The Bertz CT molecular complexity index is 873. The number of ether oxygens (including phenoxy) is 1. The van der Waals surface area contributed by atoms with E-state index in [1.807, 2.05) is 48.5 Å². The number of carbonyl (C=O) groups is 2. The molecule has 28 heavy (non-hydrogen) atoms. The maximum Gasteiger partial charge on any atom is 0.330 e. The molecule has 0 aromatic heterocycles. The van der Waals surface area contributed by atoms with E-state index in [0.29, 0.717) is 18.0 Å². The molecule has 0 fully saturated rings. The van der Waals surface area contributed by atoms with Crippen molar-refractivity contribution < 1.29 is 14.3 Å². The van der Waals surface area contributed by atoms with Crippen LogP contribution < -0.4 is 10.6 Å². The second kappa shape index (κ2) is 11.5. The Balaban J connectivity index is 1.86. The highest BCUT2D eigenvalue weighted by Gasteiger charge is 2.07.